The third kappa shape index (κ3) is 3.26. The Bertz CT molecular complexity index is 441. The maximum atomic E-state index is 12.2. The summed E-state index contributed by atoms with van der Waals surface area (Å²) in [6, 6.07) is 8.04. The number of carbonyl (C=O) groups excluding carboxylic acids is 1. The minimum Gasteiger partial charge on any atom is -0.324 e. The smallest absolute Gasteiger partial charge is 0.322 e. The maximum absolute atomic E-state index is 12.2. The molecule has 4 nitrogen and oxygen atoms in total. The summed E-state index contributed by atoms with van der Waals surface area (Å²) >= 11 is 0. The summed E-state index contributed by atoms with van der Waals surface area (Å²) in [5, 5.41) is 2.95. The van der Waals surface area contributed by atoms with Gasteiger partial charge in [0.1, 0.15) is 0 Å². The van der Waals surface area contributed by atoms with Crippen molar-refractivity contribution in [1.29, 1.82) is 0 Å². The molecule has 1 fully saturated rings. The second kappa shape index (κ2) is 5.61. The summed E-state index contributed by atoms with van der Waals surface area (Å²) < 4.78 is 0. The van der Waals surface area contributed by atoms with Gasteiger partial charge in [0.2, 0.25) is 0 Å². The molecule has 0 spiro atoms. The molecule has 4 heteroatoms. The van der Waals surface area contributed by atoms with E-state index >= 15 is 0 Å². The topological polar surface area (TPSA) is 58.4 Å². The van der Waals surface area contributed by atoms with Crippen molar-refractivity contribution in [3.8, 4) is 0 Å². The number of carbonyl (C=O) groups is 1. The fourth-order valence-electron chi connectivity index (χ4n) is 2.65. The van der Waals surface area contributed by atoms with E-state index < -0.39 is 0 Å². The van der Waals surface area contributed by atoms with Crippen LogP contribution in [0.1, 0.15) is 38.8 Å². The van der Waals surface area contributed by atoms with Crippen LogP contribution < -0.4 is 11.1 Å². The summed E-state index contributed by atoms with van der Waals surface area (Å²) in [5.41, 5.74) is 7.69. The van der Waals surface area contributed by atoms with E-state index in [4.69, 9.17) is 5.73 Å². The van der Waals surface area contributed by atoms with Crippen molar-refractivity contribution >= 4 is 11.7 Å². The second-order valence-electron chi connectivity index (χ2n) is 5.68. The van der Waals surface area contributed by atoms with Crippen molar-refractivity contribution in [2.45, 2.75) is 39.3 Å². The highest BCUT2D eigenvalue weighted by Gasteiger charge is 2.29. The summed E-state index contributed by atoms with van der Waals surface area (Å²) in [6.45, 7) is 7.06. The predicted molar refractivity (Wildman–Crippen MR) is 78.0 cm³/mol. The molecule has 1 aliphatic rings. The maximum Gasteiger partial charge on any atom is 0.322 e. The van der Waals surface area contributed by atoms with Crippen LogP contribution in [-0.2, 0) is 0 Å². The average Bonchev–Trinajstić information content (AvgIpc) is 2.69. The van der Waals surface area contributed by atoms with Gasteiger partial charge in [-0.3, -0.25) is 0 Å². The highest BCUT2D eigenvalue weighted by atomic mass is 16.2. The van der Waals surface area contributed by atoms with Crippen molar-refractivity contribution in [3.63, 3.8) is 0 Å². The molecule has 3 unspecified atom stereocenters. The molecule has 19 heavy (non-hydrogen) atoms. The van der Waals surface area contributed by atoms with Crippen molar-refractivity contribution in [1.82, 2.24) is 4.90 Å². The standard InChI is InChI=1S/C15H23N3O/c1-10-8-11(2)18(9-10)15(19)17-14-6-4-13(5-7-14)12(3)16/h4-7,10-12H,8-9,16H2,1-3H3,(H,17,19). The number of anilines is 1. The van der Waals surface area contributed by atoms with Crippen LogP contribution in [0.4, 0.5) is 10.5 Å². The van der Waals surface area contributed by atoms with Crippen LogP contribution in [0.5, 0.6) is 0 Å². The lowest BCUT2D eigenvalue weighted by Gasteiger charge is -2.22. The van der Waals surface area contributed by atoms with Crippen LogP contribution >= 0.6 is 0 Å². The van der Waals surface area contributed by atoms with Crippen molar-refractivity contribution in [3.05, 3.63) is 29.8 Å². The van der Waals surface area contributed by atoms with Gasteiger partial charge in [-0.1, -0.05) is 19.1 Å². The molecule has 1 heterocycles. The highest BCUT2D eigenvalue weighted by Crippen LogP contribution is 2.23. The average molecular weight is 261 g/mol. The Morgan fingerprint density at radius 2 is 2.00 bits per heavy atom. The Kier molecular flexibility index (Phi) is 4.10. The molecule has 0 aliphatic carbocycles. The zero-order valence-electron chi connectivity index (χ0n) is 11.9. The molecule has 1 aromatic carbocycles. The van der Waals surface area contributed by atoms with Crippen molar-refractivity contribution < 1.29 is 4.79 Å². The van der Waals surface area contributed by atoms with E-state index in [1.807, 2.05) is 36.1 Å². The summed E-state index contributed by atoms with van der Waals surface area (Å²) in [7, 11) is 0. The molecule has 3 N–H and O–H groups in total. The van der Waals surface area contributed by atoms with Crippen LogP contribution in [0.25, 0.3) is 0 Å². The zero-order valence-corrected chi connectivity index (χ0v) is 11.9. The number of hydrogen-bond donors (Lipinski definition) is 2. The lowest BCUT2D eigenvalue weighted by atomic mass is 10.1. The van der Waals surface area contributed by atoms with Crippen LogP contribution in [0.15, 0.2) is 24.3 Å². The van der Waals surface area contributed by atoms with Gasteiger partial charge in [-0.25, -0.2) is 4.79 Å². The Labute approximate surface area is 115 Å². The first-order chi connectivity index (χ1) is 8.97. The highest BCUT2D eigenvalue weighted by molar-refractivity contribution is 5.89. The first-order valence-corrected chi connectivity index (χ1v) is 6.90. The van der Waals surface area contributed by atoms with E-state index in [-0.39, 0.29) is 12.1 Å². The van der Waals surface area contributed by atoms with Crippen LogP contribution in [-0.4, -0.2) is 23.5 Å². The van der Waals surface area contributed by atoms with Gasteiger partial charge in [-0.05, 0) is 43.9 Å². The molecule has 1 saturated heterocycles. The molecule has 0 bridgehead atoms. The molecule has 3 atom stereocenters. The Balaban J connectivity index is 1.99. The lowest BCUT2D eigenvalue weighted by Crippen LogP contribution is -2.37. The van der Waals surface area contributed by atoms with Crippen LogP contribution in [0.2, 0.25) is 0 Å². The van der Waals surface area contributed by atoms with E-state index in [0.29, 0.717) is 12.0 Å². The Hall–Kier alpha value is -1.55. The minimum atomic E-state index is -0.00889. The first-order valence-electron chi connectivity index (χ1n) is 6.90. The molecular weight excluding hydrogens is 238 g/mol. The third-order valence-electron chi connectivity index (χ3n) is 3.73. The molecule has 0 radical (unpaired) electrons. The van der Waals surface area contributed by atoms with Gasteiger partial charge in [-0.15, -0.1) is 0 Å². The van der Waals surface area contributed by atoms with Gasteiger partial charge in [0.15, 0.2) is 0 Å². The number of nitrogens with zero attached hydrogens (tertiary/aromatic N) is 1. The van der Waals surface area contributed by atoms with E-state index in [1.54, 1.807) is 0 Å². The molecule has 2 rings (SSSR count). The van der Waals surface area contributed by atoms with Crippen LogP contribution in [0, 0.1) is 5.92 Å². The molecule has 104 valence electrons. The van der Waals surface area contributed by atoms with Gasteiger partial charge >= 0.3 is 6.03 Å². The fraction of sp³-hybridized carbons (Fsp3) is 0.533. The largest absolute Gasteiger partial charge is 0.324 e. The minimum absolute atomic E-state index is 0.00889. The zero-order chi connectivity index (χ0) is 14.0. The van der Waals surface area contributed by atoms with Gasteiger partial charge in [-0.2, -0.15) is 0 Å². The molecule has 2 amide bonds. The third-order valence-corrected chi connectivity index (χ3v) is 3.73. The molecule has 0 saturated carbocycles. The van der Waals surface area contributed by atoms with E-state index in [0.717, 1.165) is 24.2 Å². The second-order valence-corrected chi connectivity index (χ2v) is 5.68. The van der Waals surface area contributed by atoms with Gasteiger partial charge < -0.3 is 16.0 Å². The van der Waals surface area contributed by atoms with E-state index in [9.17, 15) is 4.79 Å². The number of hydrogen-bond acceptors (Lipinski definition) is 2. The molecule has 1 aromatic rings. The quantitative estimate of drug-likeness (QED) is 0.860. The number of nitrogens with two attached hydrogens (primary N) is 1. The summed E-state index contributed by atoms with van der Waals surface area (Å²) in [6.07, 6.45) is 1.08. The first kappa shape index (κ1) is 13.9. The van der Waals surface area contributed by atoms with Crippen LogP contribution in [0.3, 0.4) is 0 Å². The van der Waals surface area contributed by atoms with Gasteiger partial charge in [0.05, 0.1) is 0 Å². The Morgan fingerprint density at radius 1 is 1.37 bits per heavy atom. The van der Waals surface area contributed by atoms with E-state index in [2.05, 4.69) is 19.2 Å². The monoisotopic (exact) mass is 261 g/mol. The number of rotatable bonds is 2. The number of benzene rings is 1. The molecule has 1 aliphatic heterocycles. The van der Waals surface area contributed by atoms with Crippen molar-refractivity contribution in [2.24, 2.45) is 11.7 Å². The molecular formula is C15H23N3O. The number of amides is 2. The number of urea groups is 1. The number of nitrogens with one attached hydrogen (secondary N) is 1. The number of likely N-dealkylation sites (tertiary alicyclic amines) is 1. The van der Waals surface area contributed by atoms with E-state index in [1.165, 1.54) is 0 Å². The van der Waals surface area contributed by atoms with Crippen molar-refractivity contribution in [2.75, 3.05) is 11.9 Å². The SMILES string of the molecule is CC1CC(C)N(C(=O)Nc2ccc(C(C)N)cc2)C1. The van der Waals surface area contributed by atoms with Gasteiger partial charge in [0, 0.05) is 24.3 Å². The summed E-state index contributed by atoms with van der Waals surface area (Å²) in [5.74, 6) is 0.584. The fourth-order valence-corrected chi connectivity index (χ4v) is 2.65. The Morgan fingerprint density at radius 3 is 2.47 bits per heavy atom. The lowest BCUT2D eigenvalue weighted by molar-refractivity contribution is 0.209. The molecule has 0 aromatic heterocycles. The normalized spacial score (nSPS) is 24.3. The predicted octanol–water partition coefficient (Wildman–Crippen LogP) is 2.97. The van der Waals surface area contributed by atoms with Gasteiger partial charge in [0.25, 0.3) is 0 Å². The summed E-state index contributed by atoms with van der Waals surface area (Å²) in [4.78, 5) is 14.1.